The van der Waals surface area contributed by atoms with E-state index in [1.165, 1.54) is 16.1 Å². The van der Waals surface area contributed by atoms with Gasteiger partial charge in [-0.3, -0.25) is 9.59 Å². The summed E-state index contributed by atoms with van der Waals surface area (Å²) in [5.41, 5.74) is 1.46. The maximum atomic E-state index is 11.6. The minimum absolute atomic E-state index is 0.0885. The second-order valence-corrected chi connectivity index (χ2v) is 54.4. The average molecular weight is 1620 g/mol. The van der Waals surface area contributed by atoms with Crippen LogP contribution in [0.2, 0.25) is 0 Å². The summed E-state index contributed by atoms with van der Waals surface area (Å²) in [5, 5.41) is 123. The fourth-order valence-corrected chi connectivity index (χ4v) is 17.8. The van der Waals surface area contributed by atoms with Crippen LogP contribution in [0.3, 0.4) is 0 Å². The van der Waals surface area contributed by atoms with Gasteiger partial charge in [0.1, 0.15) is 95.8 Å². The third-order valence-corrected chi connectivity index (χ3v) is 26.8. The number of thiocarbonyl (C=S) groups is 1. The first-order chi connectivity index (χ1) is 49.3. The minimum atomic E-state index is -1.23. The van der Waals surface area contributed by atoms with Crippen LogP contribution < -0.4 is 31.9 Å². The molecule has 0 aliphatic carbocycles. The molecule has 7 fully saturated rings. The molecule has 22 atom stereocenters. The van der Waals surface area contributed by atoms with Crippen LogP contribution in [-0.4, -0.2) is 377 Å². The van der Waals surface area contributed by atoms with Gasteiger partial charge in [0.05, 0.1) is 42.5 Å². The molecule has 10 aliphatic heterocycles. The summed E-state index contributed by atoms with van der Waals surface area (Å²) in [5.74, 6) is 0.222. The third-order valence-electron chi connectivity index (χ3n) is 19.2. The molecule has 0 aromatic carbocycles. The van der Waals surface area contributed by atoms with E-state index >= 15 is 0 Å². The lowest BCUT2D eigenvalue weighted by Gasteiger charge is -2.39. The van der Waals surface area contributed by atoms with Crippen LogP contribution in [0, 0.1) is 11.8 Å². The van der Waals surface area contributed by atoms with E-state index in [0.29, 0.717) is 78.8 Å². The number of nitrogens with one attached hydrogen (secondary N) is 6. The molecule has 606 valence electrons. The van der Waals surface area contributed by atoms with Crippen molar-refractivity contribution in [3.63, 3.8) is 0 Å². The number of nitrogens with zero attached hydrogens (tertiary/aromatic N) is 5. The highest BCUT2D eigenvalue weighted by Gasteiger charge is 2.52. The molecule has 0 aromatic rings. The summed E-state index contributed by atoms with van der Waals surface area (Å²) in [6, 6.07) is -0.591. The van der Waals surface area contributed by atoms with Crippen molar-refractivity contribution in [2.75, 3.05) is 118 Å². The predicted octanol–water partition coefficient (Wildman–Crippen LogP) is 0.888. The van der Waals surface area contributed by atoms with Gasteiger partial charge >= 0.3 is 12.1 Å². The number of amides is 6. The van der Waals surface area contributed by atoms with Crippen LogP contribution in [0.25, 0.3) is 0 Å². The predicted molar refractivity (Wildman–Crippen MR) is 440 cm³/mol. The first-order valence-electron chi connectivity index (χ1n) is 35.4. The van der Waals surface area contributed by atoms with Gasteiger partial charge in [-0.15, -0.1) is 65.9 Å². The Labute approximate surface area is 637 Å². The highest BCUT2D eigenvalue weighted by molar-refractivity contribution is 7.80. The maximum absolute atomic E-state index is 11.6. The third kappa shape index (κ3) is 26.0. The van der Waals surface area contributed by atoms with E-state index in [4.69, 9.17) is 35.9 Å². The molecule has 2 unspecified atom stereocenters. The summed E-state index contributed by atoms with van der Waals surface area (Å²) >= 11 is 5.03. The lowest BCUT2D eigenvalue weighted by molar-refractivity contribution is -0.133. The van der Waals surface area contributed by atoms with Gasteiger partial charge in [-0.25, -0.2) is 14.6 Å². The Bertz CT molecular complexity index is 3450. The second-order valence-electron chi connectivity index (χ2n) is 32.4. The van der Waals surface area contributed by atoms with Crippen LogP contribution in [0.15, 0.2) is 90.9 Å². The van der Waals surface area contributed by atoms with Crippen LogP contribution in [-0.2, 0) is 33.3 Å². The van der Waals surface area contributed by atoms with Crippen molar-refractivity contribution in [3.8, 4) is 0 Å². The molecule has 30 nitrogen and oxygen atoms in total. The van der Waals surface area contributed by atoms with Crippen molar-refractivity contribution in [2.45, 2.75) is 161 Å². The van der Waals surface area contributed by atoms with Crippen LogP contribution in [0.1, 0.15) is 39.0 Å². The largest absolute Gasteiger partial charge is 0.388 e. The van der Waals surface area contributed by atoms with E-state index in [1.54, 1.807) is 36.0 Å². The zero-order valence-electron chi connectivity index (χ0n) is 64.1. The molecular formula is C71H122N11O19P5S. The van der Waals surface area contributed by atoms with E-state index in [0.717, 1.165) is 37.0 Å². The van der Waals surface area contributed by atoms with E-state index in [2.05, 4.69) is 168 Å². The van der Waals surface area contributed by atoms with Gasteiger partial charge in [0, 0.05) is 55.4 Å². The van der Waals surface area contributed by atoms with E-state index in [1.807, 2.05) is 0 Å². The molecule has 0 saturated carbocycles. The van der Waals surface area contributed by atoms with Gasteiger partial charge in [-0.2, -0.15) is 5.10 Å². The molecule has 16 N–H and O–H groups in total. The van der Waals surface area contributed by atoms with Crippen molar-refractivity contribution in [1.29, 1.82) is 0 Å². The summed E-state index contributed by atoms with van der Waals surface area (Å²) < 4.78 is 29.2. The number of hydrogen-bond acceptors (Lipinski definition) is 24. The van der Waals surface area contributed by atoms with Crippen molar-refractivity contribution in [1.82, 2.24) is 51.6 Å². The van der Waals surface area contributed by atoms with E-state index in [-0.39, 0.29) is 47.6 Å². The summed E-state index contributed by atoms with van der Waals surface area (Å²) in [4.78, 5) is 51.0. The zero-order chi connectivity index (χ0) is 80.7. The van der Waals surface area contributed by atoms with Crippen LogP contribution in [0.5, 0.6) is 0 Å². The molecular weight excluding hydrogens is 1500 g/mol. The Kier molecular flexibility index (Phi) is 32.4. The lowest BCUT2D eigenvalue weighted by Crippen LogP contribution is -2.54. The van der Waals surface area contributed by atoms with Crippen molar-refractivity contribution >= 4 is 113 Å². The van der Waals surface area contributed by atoms with Crippen molar-refractivity contribution in [3.05, 3.63) is 85.8 Å². The average Bonchev–Trinajstić information content (AvgIpc) is 1.70. The molecule has 107 heavy (non-hydrogen) atoms. The van der Waals surface area contributed by atoms with Crippen molar-refractivity contribution in [2.24, 2.45) is 16.9 Å². The molecule has 6 amide bonds. The molecule has 36 heteroatoms. The van der Waals surface area contributed by atoms with Gasteiger partial charge in [-0.1, -0.05) is 52.0 Å². The normalized spacial score (nSPS) is 34.7. The first-order valence-corrected chi connectivity index (χ1v) is 51.1. The van der Waals surface area contributed by atoms with Gasteiger partial charge in [0.25, 0.3) is 5.91 Å². The van der Waals surface area contributed by atoms with Gasteiger partial charge < -0.3 is 121 Å². The van der Waals surface area contributed by atoms with Gasteiger partial charge in [0.2, 0.25) is 5.91 Å². The number of urea groups is 2. The van der Waals surface area contributed by atoms with Crippen LogP contribution in [0.4, 0.5) is 9.59 Å². The van der Waals surface area contributed by atoms with E-state index < -0.39 is 151 Å². The molecule has 10 aliphatic rings. The number of aliphatic hydroxyl groups excluding tert-OH is 10. The smallest absolute Gasteiger partial charge is 0.323 e. The van der Waals surface area contributed by atoms with E-state index in [9.17, 15) is 70.2 Å². The highest BCUT2D eigenvalue weighted by atomic mass is 32.1. The first kappa shape index (κ1) is 91.4. The molecule has 0 radical (unpaired) electrons. The Morgan fingerprint density at radius 2 is 0.944 bits per heavy atom. The fraction of sp³-hybridized carbons (Fsp3) is 0.648. The number of rotatable bonds is 20. The minimum Gasteiger partial charge on any atom is -0.388 e. The monoisotopic (exact) mass is 1620 g/mol. The van der Waals surface area contributed by atoms with Crippen molar-refractivity contribution < 1.29 is 93.9 Å². The lowest BCUT2D eigenvalue weighted by atomic mass is 9.92. The number of carbonyl (C=O) groups excluding carboxylic acids is 4. The quantitative estimate of drug-likeness (QED) is 0.0594. The van der Waals surface area contributed by atoms with Crippen LogP contribution >= 0.6 is 46.6 Å². The Hall–Kier alpha value is -4.48. The van der Waals surface area contributed by atoms with Gasteiger partial charge in [0.15, 0.2) is 18.7 Å². The fourth-order valence-electron chi connectivity index (χ4n) is 12.9. The number of carbonyl (C=O) groups is 4. The zero-order valence-corrected chi connectivity index (χ0v) is 69.4. The van der Waals surface area contributed by atoms with Gasteiger partial charge in [-0.05, 0) is 136 Å². The SMILES string of the molecule is C=C1NC(=O)C(C)CN1[C@@H]1O[C@H](CCP(=C)(C)C)[C@@H](O)[C@H]1O.C=C1NC(=O)C=NN1[C@@H]1O[C@H](CCP(=C)(C)C)[C@@H](O)[C@H]1O.C=C1NC(=O)N(C)CC1[C@@H]1O[C@H](CCP(=C)(C)C)[C@@H](O)[C@H]1O.C=C1NC(=O)NC=C1[C@@H]1O[C@H](CCP(=C)(C)C)[C@@H](O)[C@H]1O.C=C1NC(=S)C=CN1[C@@H]1O[C@H](CCP(=C)(C)C)[C@@H](O)[C@H]1O. The highest BCUT2D eigenvalue weighted by Crippen LogP contribution is 2.44. The molecule has 0 spiro atoms. The number of ether oxygens (including phenoxy) is 5. The Morgan fingerprint density at radius 3 is 1.41 bits per heavy atom. The molecule has 0 bridgehead atoms. The second kappa shape index (κ2) is 37.9. The molecule has 7 saturated heterocycles. The topological polar surface area (TPSA) is 414 Å². The Morgan fingerprint density at radius 1 is 0.514 bits per heavy atom. The molecule has 10 heterocycles. The summed E-state index contributed by atoms with van der Waals surface area (Å²) in [6.07, 6.45) is 19.0. The molecule has 0 aromatic heterocycles. The Balaban J connectivity index is 0.000000209. The number of hydrogen-bond donors (Lipinski definition) is 16. The number of aliphatic hydroxyl groups is 10. The number of hydrazone groups is 1. The summed E-state index contributed by atoms with van der Waals surface area (Å²) in [7, 11) is 1.68. The molecule has 10 rings (SSSR count). The standard InChI is InChI=1S/2C15H27N2O4P.C14H23N2O4P.C14H23N2O3PS.C13H22N3O4P/c1-9-10(8-17(2)15(20)16-9)14-13(19)12(18)11(21-14)6-7-22(3,4)5;1-9-8-17(10(2)16-14(9)20)15-13(19)12(18)11(21-15)6-7-22(3,4)5;1-8-9(7-15-14(19)16-8)13-12(18)11(17)10(20-13)5-6-21(2,3)4;1-9-15-11(21)5-7-16(9)14-13(18)12(17)10(19-14)6-8-20(2,3)4;1-8-15-10(17)7-14-16(8)13-12(19)11(18)9(20-13)5-6-21(2,3)4/h10-14,18-19H,1,3,6-8H2,2,4-5H3,(H,16,20);9,11-13,15,18-19H,2-3,6-8H2,1,4-5H3,(H,16,20);7,10-13,17-18H,1-2,5-6H2,3-4H3,(H2,15,16,19);5,7,10,12-14,17-18H,1-2,6,8H2,3-4H3,(H,15,21);7,9,11-13,18-19H,1-2,5-6H2,3-4H3,(H,15,17)/t10?,11-,12-,13-,14+;9?,11-,12-,13-,15-;10-,11-,12-,13+;10-,12-,13-,14-;9-,11-,12-,13-/m11111/s1. The maximum Gasteiger partial charge on any atom is 0.323 e. The summed E-state index contributed by atoms with van der Waals surface area (Å²) in [6.45, 7) is 36.8.